The molecule has 0 heterocycles. The summed E-state index contributed by atoms with van der Waals surface area (Å²) in [6.07, 6.45) is -11.1. The third-order valence-electron chi connectivity index (χ3n) is 2.74. The van der Waals surface area contributed by atoms with Crippen molar-refractivity contribution in [2.24, 2.45) is 0 Å². The molecule has 0 aromatic rings. The first-order valence-electron chi connectivity index (χ1n) is 5.71. The number of carbonyl (C=O) groups excluding carboxylic acids is 1. The van der Waals surface area contributed by atoms with Crippen LogP contribution in [0.5, 0.6) is 0 Å². The zero-order valence-electron chi connectivity index (χ0n) is 11.8. The van der Waals surface area contributed by atoms with E-state index in [0.29, 0.717) is 0 Å². The molecular formula is C10H7F13O2. The van der Waals surface area contributed by atoms with Crippen molar-refractivity contribution in [1.29, 1.82) is 0 Å². The van der Waals surface area contributed by atoms with Crippen LogP contribution in [0, 0.1) is 0 Å². The Bertz CT molecular complexity index is 511. The summed E-state index contributed by atoms with van der Waals surface area (Å²) in [5.41, 5.74) is 0. The Morgan fingerprint density at radius 1 is 0.720 bits per heavy atom. The average molecular weight is 406 g/mol. The Balaban J connectivity index is 6.34. The second-order valence-electron chi connectivity index (χ2n) is 4.65. The van der Waals surface area contributed by atoms with Gasteiger partial charge < -0.3 is 4.74 Å². The van der Waals surface area contributed by atoms with E-state index < -0.39 is 54.8 Å². The first kappa shape index (κ1) is 23.6. The SMILES string of the molecule is CC(=O)OC(F)(F)C(F)(F)C(F)(F)C(F)(F)C(F)(F)C(F)(F)C(C)F. The Hall–Kier alpha value is -1.44. The highest BCUT2D eigenvalue weighted by atomic mass is 19.4. The summed E-state index contributed by atoms with van der Waals surface area (Å²) in [5, 5.41) is 0. The van der Waals surface area contributed by atoms with Crippen molar-refractivity contribution in [3.8, 4) is 0 Å². The van der Waals surface area contributed by atoms with Gasteiger partial charge in [-0.2, -0.15) is 52.7 Å². The van der Waals surface area contributed by atoms with Crippen LogP contribution in [0.4, 0.5) is 57.1 Å². The van der Waals surface area contributed by atoms with E-state index in [1.807, 2.05) is 0 Å². The first-order valence-corrected chi connectivity index (χ1v) is 5.71. The molecule has 0 saturated heterocycles. The largest absolute Gasteiger partial charge is 0.473 e. The van der Waals surface area contributed by atoms with Crippen LogP contribution >= 0.6 is 0 Å². The monoisotopic (exact) mass is 406 g/mol. The highest BCUT2D eigenvalue weighted by Crippen LogP contribution is 2.60. The number of halogens is 13. The molecule has 0 aromatic heterocycles. The Kier molecular flexibility index (Phi) is 5.72. The molecule has 1 unspecified atom stereocenters. The van der Waals surface area contributed by atoms with Gasteiger partial charge >= 0.3 is 41.7 Å². The van der Waals surface area contributed by atoms with Crippen molar-refractivity contribution in [1.82, 2.24) is 0 Å². The fourth-order valence-electron chi connectivity index (χ4n) is 1.28. The van der Waals surface area contributed by atoms with E-state index in [4.69, 9.17) is 0 Å². The number of alkyl halides is 13. The minimum atomic E-state index is -7.90. The van der Waals surface area contributed by atoms with Crippen LogP contribution in [0.2, 0.25) is 0 Å². The summed E-state index contributed by atoms with van der Waals surface area (Å²) < 4.78 is 170. The molecule has 0 aliphatic heterocycles. The normalized spacial score (nSPS) is 16.6. The molecule has 0 saturated carbocycles. The lowest BCUT2D eigenvalue weighted by atomic mass is 9.92. The van der Waals surface area contributed by atoms with Crippen LogP contribution in [0.25, 0.3) is 0 Å². The van der Waals surface area contributed by atoms with E-state index in [9.17, 15) is 61.9 Å². The molecule has 0 aliphatic carbocycles. The van der Waals surface area contributed by atoms with E-state index >= 15 is 0 Å². The van der Waals surface area contributed by atoms with Gasteiger partial charge in [-0.1, -0.05) is 0 Å². The Morgan fingerprint density at radius 2 is 1.04 bits per heavy atom. The summed E-state index contributed by atoms with van der Waals surface area (Å²) in [5.74, 6) is -40.0. The van der Waals surface area contributed by atoms with Gasteiger partial charge in [0.2, 0.25) is 0 Å². The zero-order valence-corrected chi connectivity index (χ0v) is 11.8. The minimum absolute atomic E-state index is 0.0617. The molecule has 0 aromatic carbocycles. The number of hydrogen-bond donors (Lipinski definition) is 0. The summed E-state index contributed by atoms with van der Waals surface area (Å²) in [6, 6.07) is 0. The van der Waals surface area contributed by atoms with Gasteiger partial charge in [-0.25, -0.2) is 4.39 Å². The highest BCUT2D eigenvalue weighted by molar-refractivity contribution is 5.66. The quantitative estimate of drug-likeness (QED) is 0.454. The van der Waals surface area contributed by atoms with Crippen LogP contribution in [0.1, 0.15) is 13.8 Å². The highest BCUT2D eigenvalue weighted by Gasteiger charge is 2.91. The van der Waals surface area contributed by atoms with E-state index in [1.54, 1.807) is 0 Å². The van der Waals surface area contributed by atoms with E-state index in [0.717, 1.165) is 0 Å². The van der Waals surface area contributed by atoms with Gasteiger partial charge in [-0.05, 0) is 6.92 Å². The van der Waals surface area contributed by atoms with Crippen LogP contribution < -0.4 is 0 Å². The van der Waals surface area contributed by atoms with Crippen LogP contribution in [0.3, 0.4) is 0 Å². The minimum Gasteiger partial charge on any atom is -0.396 e. The van der Waals surface area contributed by atoms with Gasteiger partial charge in [0.25, 0.3) is 0 Å². The molecule has 0 fully saturated rings. The number of esters is 1. The molecule has 0 radical (unpaired) electrons. The van der Waals surface area contributed by atoms with Crippen LogP contribution in [-0.2, 0) is 9.53 Å². The molecule has 0 bridgehead atoms. The lowest BCUT2D eigenvalue weighted by Crippen LogP contribution is -2.72. The molecule has 0 rings (SSSR count). The van der Waals surface area contributed by atoms with Gasteiger partial charge in [0.1, 0.15) is 0 Å². The maximum atomic E-state index is 13.1. The average Bonchev–Trinajstić information content (AvgIpc) is 2.35. The molecule has 0 aliphatic rings. The van der Waals surface area contributed by atoms with E-state index in [-0.39, 0.29) is 6.92 Å². The Morgan fingerprint density at radius 3 is 1.32 bits per heavy atom. The summed E-state index contributed by atoms with van der Waals surface area (Å²) in [6.45, 7) is -0.554. The fourth-order valence-corrected chi connectivity index (χ4v) is 1.28. The smallest absolute Gasteiger partial charge is 0.396 e. The van der Waals surface area contributed by atoms with Crippen molar-refractivity contribution in [2.75, 3.05) is 0 Å². The third kappa shape index (κ3) is 3.20. The predicted octanol–water partition coefficient (Wildman–Crippen LogP) is 4.68. The summed E-state index contributed by atoms with van der Waals surface area (Å²) in [7, 11) is 0. The number of rotatable bonds is 7. The number of hydrogen-bond acceptors (Lipinski definition) is 2. The standard InChI is InChI=1S/C10H7F13O2/c1-3(11)5(12,13)6(14,15)7(16,17)8(18,19)9(20,21)10(22,23)25-4(2)24/h3H,1-2H3. The molecular weight excluding hydrogens is 399 g/mol. The second-order valence-corrected chi connectivity index (χ2v) is 4.65. The van der Waals surface area contributed by atoms with Crippen molar-refractivity contribution in [3.05, 3.63) is 0 Å². The van der Waals surface area contributed by atoms with E-state index in [2.05, 4.69) is 4.74 Å². The molecule has 2 nitrogen and oxygen atoms in total. The maximum absolute atomic E-state index is 13.1. The summed E-state index contributed by atoms with van der Waals surface area (Å²) in [4.78, 5) is 10.1. The molecule has 1 atom stereocenters. The molecule has 150 valence electrons. The van der Waals surface area contributed by atoms with Crippen molar-refractivity contribution < 1.29 is 66.6 Å². The fraction of sp³-hybridized carbons (Fsp3) is 0.900. The maximum Gasteiger partial charge on any atom is 0.473 e. The Labute approximate surface area is 129 Å². The van der Waals surface area contributed by atoms with Gasteiger partial charge in [0, 0.05) is 6.92 Å². The molecule has 25 heavy (non-hydrogen) atoms. The van der Waals surface area contributed by atoms with Gasteiger partial charge in [-0.15, -0.1) is 0 Å². The lowest BCUT2D eigenvalue weighted by Gasteiger charge is -2.40. The van der Waals surface area contributed by atoms with Crippen molar-refractivity contribution in [2.45, 2.75) is 55.7 Å². The topological polar surface area (TPSA) is 26.3 Å². The third-order valence-corrected chi connectivity index (χ3v) is 2.74. The van der Waals surface area contributed by atoms with Gasteiger partial charge in [0.05, 0.1) is 0 Å². The van der Waals surface area contributed by atoms with Gasteiger partial charge in [0.15, 0.2) is 6.17 Å². The lowest BCUT2D eigenvalue weighted by molar-refractivity contribution is -0.453. The molecule has 15 heteroatoms. The number of carbonyl (C=O) groups is 1. The molecule has 0 spiro atoms. The van der Waals surface area contributed by atoms with E-state index in [1.165, 1.54) is 0 Å². The predicted molar refractivity (Wildman–Crippen MR) is 52.0 cm³/mol. The molecule has 0 amide bonds. The first-order chi connectivity index (χ1) is 10.6. The summed E-state index contributed by atoms with van der Waals surface area (Å²) >= 11 is 0. The van der Waals surface area contributed by atoms with Crippen LogP contribution in [0.15, 0.2) is 0 Å². The van der Waals surface area contributed by atoms with Crippen molar-refractivity contribution >= 4 is 5.97 Å². The number of ether oxygens (including phenoxy) is 1. The van der Waals surface area contributed by atoms with Crippen LogP contribution in [-0.4, -0.2) is 47.9 Å². The second kappa shape index (κ2) is 6.07. The molecule has 0 N–H and O–H groups in total. The van der Waals surface area contributed by atoms with Gasteiger partial charge in [-0.3, -0.25) is 4.79 Å². The zero-order chi connectivity index (χ0) is 20.9. The van der Waals surface area contributed by atoms with Crippen molar-refractivity contribution in [3.63, 3.8) is 0 Å².